The van der Waals surface area contributed by atoms with Crippen LogP contribution < -0.4 is 5.32 Å². The number of nitrogens with one attached hydrogen (secondary N) is 1. The molecule has 1 N–H and O–H groups in total. The minimum Gasteiger partial charge on any atom is -0.316 e. The van der Waals surface area contributed by atoms with Gasteiger partial charge >= 0.3 is 0 Å². The van der Waals surface area contributed by atoms with Crippen molar-refractivity contribution in [2.24, 2.45) is 11.8 Å². The van der Waals surface area contributed by atoms with E-state index in [4.69, 9.17) is 0 Å². The van der Waals surface area contributed by atoms with Crippen LogP contribution in [0, 0.1) is 11.8 Å². The second kappa shape index (κ2) is 8.97. The third-order valence-electron chi connectivity index (χ3n) is 4.61. The van der Waals surface area contributed by atoms with Crippen molar-refractivity contribution in [2.75, 3.05) is 19.6 Å². The normalized spacial score (nSPS) is 20.4. The smallest absolute Gasteiger partial charge is 0.0108 e. The summed E-state index contributed by atoms with van der Waals surface area (Å²) in [5.74, 6) is 1.52. The first-order valence-corrected chi connectivity index (χ1v) is 8.52. The predicted octanol–water partition coefficient (Wildman–Crippen LogP) is 3.91. The summed E-state index contributed by atoms with van der Waals surface area (Å²) in [5, 5.41) is 3.59. The van der Waals surface area contributed by atoms with Gasteiger partial charge < -0.3 is 5.32 Å². The Morgan fingerprint density at radius 2 is 1.74 bits per heavy atom. The number of rotatable bonds is 9. The Balaban J connectivity index is 2.51. The Morgan fingerprint density at radius 1 is 1.11 bits per heavy atom. The van der Waals surface area contributed by atoms with Crippen molar-refractivity contribution in [2.45, 2.75) is 78.8 Å². The molecule has 0 aromatic heterocycles. The Bertz CT molecular complexity index is 221. The average molecular weight is 268 g/mol. The maximum Gasteiger partial charge on any atom is 0.0108 e. The van der Waals surface area contributed by atoms with E-state index in [2.05, 4.69) is 44.8 Å². The highest BCUT2D eigenvalue weighted by Crippen LogP contribution is 2.27. The molecule has 0 heterocycles. The molecule has 0 amide bonds. The van der Waals surface area contributed by atoms with Gasteiger partial charge in [0.15, 0.2) is 0 Å². The fourth-order valence-electron chi connectivity index (χ4n) is 3.31. The maximum atomic E-state index is 3.59. The van der Waals surface area contributed by atoms with Gasteiger partial charge in [-0.05, 0) is 51.1 Å². The molecule has 0 aromatic carbocycles. The lowest BCUT2D eigenvalue weighted by Crippen LogP contribution is -2.47. The van der Waals surface area contributed by atoms with Crippen molar-refractivity contribution in [3.05, 3.63) is 0 Å². The molecule has 1 rings (SSSR count). The zero-order valence-electron chi connectivity index (χ0n) is 13.9. The molecule has 114 valence electrons. The summed E-state index contributed by atoms with van der Waals surface area (Å²) in [4.78, 5) is 2.82. The van der Waals surface area contributed by atoms with Gasteiger partial charge in [-0.2, -0.15) is 0 Å². The molecule has 0 radical (unpaired) electrons. The molecule has 0 saturated heterocycles. The van der Waals surface area contributed by atoms with Crippen molar-refractivity contribution in [3.8, 4) is 0 Å². The van der Waals surface area contributed by atoms with E-state index in [1.807, 2.05) is 0 Å². The fourth-order valence-corrected chi connectivity index (χ4v) is 3.31. The third kappa shape index (κ3) is 5.83. The summed E-state index contributed by atoms with van der Waals surface area (Å²) in [6, 6.07) is 1.56. The van der Waals surface area contributed by atoms with Crippen molar-refractivity contribution in [3.63, 3.8) is 0 Å². The zero-order chi connectivity index (χ0) is 14.3. The van der Waals surface area contributed by atoms with Gasteiger partial charge in [0.1, 0.15) is 0 Å². The highest BCUT2D eigenvalue weighted by Gasteiger charge is 2.29. The van der Waals surface area contributed by atoms with Crippen molar-refractivity contribution in [1.29, 1.82) is 0 Å². The molecule has 0 spiro atoms. The topological polar surface area (TPSA) is 15.3 Å². The SMILES string of the molecule is CCCNCC(C)C(C)N(CC(C)C)C1CCCC1. The lowest BCUT2D eigenvalue weighted by atomic mass is 9.98. The molecule has 1 saturated carbocycles. The van der Waals surface area contributed by atoms with E-state index >= 15 is 0 Å². The van der Waals surface area contributed by atoms with E-state index in [1.54, 1.807) is 0 Å². The van der Waals surface area contributed by atoms with Crippen LogP contribution in [0.2, 0.25) is 0 Å². The second-order valence-corrected chi connectivity index (χ2v) is 6.95. The number of nitrogens with zero attached hydrogens (tertiary/aromatic N) is 1. The quantitative estimate of drug-likeness (QED) is 0.638. The van der Waals surface area contributed by atoms with Gasteiger partial charge in [-0.15, -0.1) is 0 Å². The Morgan fingerprint density at radius 3 is 2.26 bits per heavy atom. The van der Waals surface area contributed by atoms with Crippen molar-refractivity contribution >= 4 is 0 Å². The van der Waals surface area contributed by atoms with Gasteiger partial charge in [0, 0.05) is 18.6 Å². The summed E-state index contributed by atoms with van der Waals surface area (Å²) >= 11 is 0. The first-order chi connectivity index (χ1) is 9.06. The monoisotopic (exact) mass is 268 g/mol. The summed E-state index contributed by atoms with van der Waals surface area (Å²) in [6.07, 6.45) is 6.96. The van der Waals surface area contributed by atoms with Gasteiger partial charge in [-0.25, -0.2) is 0 Å². The van der Waals surface area contributed by atoms with Crippen molar-refractivity contribution < 1.29 is 0 Å². The molecule has 2 atom stereocenters. The molecule has 2 heteroatoms. The standard InChI is InChI=1S/C17H36N2/c1-6-11-18-12-15(4)16(5)19(13-14(2)3)17-9-7-8-10-17/h14-18H,6-13H2,1-5H3. The van der Waals surface area contributed by atoms with Crippen LogP contribution in [0.25, 0.3) is 0 Å². The average Bonchev–Trinajstić information content (AvgIpc) is 2.88. The van der Waals surface area contributed by atoms with Gasteiger partial charge in [0.2, 0.25) is 0 Å². The minimum absolute atomic E-state index is 0.704. The van der Waals surface area contributed by atoms with Crippen LogP contribution in [0.4, 0.5) is 0 Å². The van der Waals surface area contributed by atoms with E-state index < -0.39 is 0 Å². The minimum atomic E-state index is 0.704. The van der Waals surface area contributed by atoms with E-state index in [-0.39, 0.29) is 0 Å². The van der Waals surface area contributed by atoms with Crippen molar-refractivity contribution in [1.82, 2.24) is 10.2 Å². The van der Waals surface area contributed by atoms with Gasteiger partial charge in [-0.3, -0.25) is 4.90 Å². The molecule has 19 heavy (non-hydrogen) atoms. The van der Waals surface area contributed by atoms with E-state index in [9.17, 15) is 0 Å². The Kier molecular flexibility index (Phi) is 8.01. The van der Waals surface area contributed by atoms with Gasteiger partial charge in [0.05, 0.1) is 0 Å². The van der Waals surface area contributed by atoms with Crippen LogP contribution in [0.3, 0.4) is 0 Å². The van der Waals surface area contributed by atoms with E-state index in [0.29, 0.717) is 6.04 Å². The second-order valence-electron chi connectivity index (χ2n) is 6.95. The highest BCUT2D eigenvalue weighted by atomic mass is 15.2. The van der Waals surface area contributed by atoms with Gasteiger partial charge in [0.25, 0.3) is 0 Å². The molecular formula is C17H36N2. The summed E-state index contributed by atoms with van der Waals surface area (Å²) in [5.41, 5.74) is 0. The predicted molar refractivity (Wildman–Crippen MR) is 85.6 cm³/mol. The van der Waals surface area contributed by atoms with E-state index in [0.717, 1.165) is 31.0 Å². The largest absolute Gasteiger partial charge is 0.316 e. The Hall–Kier alpha value is -0.0800. The summed E-state index contributed by atoms with van der Waals surface area (Å²) in [7, 11) is 0. The molecule has 1 fully saturated rings. The summed E-state index contributed by atoms with van der Waals surface area (Å²) in [6.45, 7) is 15.4. The summed E-state index contributed by atoms with van der Waals surface area (Å²) < 4.78 is 0. The third-order valence-corrected chi connectivity index (χ3v) is 4.61. The lowest BCUT2D eigenvalue weighted by molar-refractivity contribution is 0.0941. The lowest BCUT2D eigenvalue weighted by Gasteiger charge is -2.39. The maximum absolute atomic E-state index is 3.59. The number of hydrogen-bond acceptors (Lipinski definition) is 2. The molecule has 0 aliphatic heterocycles. The van der Waals surface area contributed by atoms with Crippen LogP contribution in [0.1, 0.15) is 66.7 Å². The van der Waals surface area contributed by atoms with Crippen LogP contribution in [-0.2, 0) is 0 Å². The first kappa shape index (κ1) is 17.0. The first-order valence-electron chi connectivity index (χ1n) is 8.52. The van der Waals surface area contributed by atoms with Crippen LogP contribution in [0.15, 0.2) is 0 Å². The Labute approximate surface area is 121 Å². The molecule has 2 unspecified atom stereocenters. The van der Waals surface area contributed by atoms with Gasteiger partial charge in [-0.1, -0.05) is 40.5 Å². The molecule has 1 aliphatic carbocycles. The molecule has 2 nitrogen and oxygen atoms in total. The van der Waals surface area contributed by atoms with Crippen LogP contribution in [0.5, 0.6) is 0 Å². The number of hydrogen-bond donors (Lipinski definition) is 1. The molecule has 0 bridgehead atoms. The molecule has 0 aromatic rings. The fraction of sp³-hybridized carbons (Fsp3) is 1.00. The molecule has 1 aliphatic rings. The van der Waals surface area contributed by atoms with E-state index in [1.165, 1.54) is 38.6 Å². The van der Waals surface area contributed by atoms with Crippen LogP contribution >= 0.6 is 0 Å². The highest BCUT2D eigenvalue weighted by molar-refractivity contribution is 4.84. The molecular weight excluding hydrogens is 232 g/mol. The zero-order valence-corrected chi connectivity index (χ0v) is 13.9. The van der Waals surface area contributed by atoms with Crippen LogP contribution in [-0.4, -0.2) is 36.6 Å².